The number of hydrogen-bond acceptors (Lipinski definition) is 1. The summed E-state index contributed by atoms with van der Waals surface area (Å²) in [5.41, 5.74) is 2.87. The van der Waals surface area contributed by atoms with E-state index in [1.807, 2.05) is 12.3 Å². The molecule has 15 heavy (non-hydrogen) atoms. The third-order valence-corrected chi connectivity index (χ3v) is 3.01. The third kappa shape index (κ3) is 4.78. The molecule has 1 aromatic heterocycles. The number of nitrogens with zero attached hydrogens (tertiary/aromatic N) is 1. The summed E-state index contributed by atoms with van der Waals surface area (Å²) in [6.07, 6.45) is 4.06. The van der Waals surface area contributed by atoms with Gasteiger partial charge in [-0.3, -0.25) is 4.98 Å². The summed E-state index contributed by atoms with van der Waals surface area (Å²) >= 11 is 3.74. The molecule has 2 heteroatoms. The van der Waals surface area contributed by atoms with Gasteiger partial charge in [-0.25, -0.2) is 0 Å². The van der Waals surface area contributed by atoms with Crippen LogP contribution < -0.4 is 0 Å². The van der Waals surface area contributed by atoms with E-state index < -0.39 is 0 Å². The van der Waals surface area contributed by atoms with Crippen molar-refractivity contribution in [3.63, 3.8) is 0 Å². The lowest BCUT2D eigenvalue weighted by atomic mass is 9.89. The maximum Gasteiger partial charge on any atom is 0.0443 e. The molecule has 0 aromatic carbocycles. The Hall–Kier alpha value is -0.370. The predicted octanol–water partition coefficient (Wildman–Crippen LogP) is 4.13. The van der Waals surface area contributed by atoms with Crippen molar-refractivity contribution < 1.29 is 0 Å². The monoisotopic (exact) mass is 269 g/mol. The molecule has 1 heterocycles. The quantitative estimate of drug-likeness (QED) is 0.752. The van der Waals surface area contributed by atoms with Gasteiger partial charge in [0.2, 0.25) is 0 Å². The largest absolute Gasteiger partial charge is 0.261 e. The number of alkyl halides is 1. The molecule has 0 amide bonds. The SMILES string of the molecule is Cc1cccnc1CC(Br)CC(C)(C)C. The van der Waals surface area contributed by atoms with Crippen LogP contribution in [0.25, 0.3) is 0 Å². The molecule has 1 unspecified atom stereocenters. The van der Waals surface area contributed by atoms with Gasteiger partial charge in [-0.1, -0.05) is 42.8 Å². The van der Waals surface area contributed by atoms with Gasteiger partial charge in [-0.05, 0) is 30.4 Å². The molecule has 0 saturated heterocycles. The van der Waals surface area contributed by atoms with E-state index in [1.165, 1.54) is 17.7 Å². The highest BCUT2D eigenvalue weighted by Crippen LogP contribution is 2.26. The number of aryl methyl sites for hydroxylation is 1. The van der Waals surface area contributed by atoms with Gasteiger partial charge in [0.25, 0.3) is 0 Å². The Labute approximate surface area is 101 Å². The Kier molecular flexibility index (Phi) is 4.32. The fourth-order valence-electron chi connectivity index (χ4n) is 1.68. The van der Waals surface area contributed by atoms with Crippen LogP contribution in [0, 0.1) is 12.3 Å². The highest BCUT2D eigenvalue weighted by atomic mass is 79.9. The molecule has 0 fully saturated rings. The molecule has 1 atom stereocenters. The zero-order valence-corrected chi connectivity index (χ0v) is 11.6. The lowest BCUT2D eigenvalue weighted by Crippen LogP contribution is -2.15. The number of pyridine rings is 1. The normalized spacial score (nSPS) is 13.9. The zero-order chi connectivity index (χ0) is 11.5. The average Bonchev–Trinajstić information content (AvgIpc) is 2.05. The van der Waals surface area contributed by atoms with Crippen LogP contribution in [0.4, 0.5) is 0 Å². The van der Waals surface area contributed by atoms with E-state index in [2.05, 4.69) is 54.7 Å². The molecule has 0 bridgehead atoms. The van der Waals surface area contributed by atoms with Crippen molar-refractivity contribution in [2.75, 3.05) is 0 Å². The number of rotatable bonds is 3. The van der Waals surface area contributed by atoms with Crippen LogP contribution in [0.2, 0.25) is 0 Å². The van der Waals surface area contributed by atoms with Crippen LogP contribution in [-0.4, -0.2) is 9.81 Å². The van der Waals surface area contributed by atoms with Crippen LogP contribution in [0.15, 0.2) is 18.3 Å². The number of aromatic nitrogens is 1. The standard InChI is InChI=1S/C13H20BrN/c1-10-6-5-7-15-12(10)8-11(14)9-13(2,3)4/h5-7,11H,8-9H2,1-4H3. The summed E-state index contributed by atoms with van der Waals surface area (Å²) in [7, 11) is 0. The minimum Gasteiger partial charge on any atom is -0.261 e. The predicted molar refractivity (Wildman–Crippen MR) is 69.5 cm³/mol. The second kappa shape index (κ2) is 5.11. The van der Waals surface area contributed by atoms with E-state index >= 15 is 0 Å². The number of halogens is 1. The third-order valence-electron chi connectivity index (χ3n) is 2.37. The highest BCUT2D eigenvalue weighted by molar-refractivity contribution is 9.09. The molecule has 0 aliphatic heterocycles. The Morgan fingerprint density at radius 1 is 1.40 bits per heavy atom. The molecule has 1 rings (SSSR count). The summed E-state index contributed by atoms with van der Waals surface area (Å²) < 4.78 is 0. The Balaban J connectivity index is 2.59. The lowest BCUT2D eigenvalue weighted by Gasteiger charge is -2.22. The van der Waals surface area contributed by atoms with Crippen LogP contribution in [0.3, 0.4) is 0 Å². The first-order valence-corrected chi connectivity index (χ1v) is 6.34. The smallest absolute Gasteiger partial charge is 0.0443 e. The summed E-state index contributed by atoms with van der Waals surface area (Å²) in [5, 5.41) is 0. The Morgan fingerprint density at radius 2 is 2.07 bits per heavy atom. The Morgan fingerprint density at radius 3 is 2.60 bits per heavy atom. The molecule has 0 N–H and O–H groups in total. The second-order valence-corrected chi connectivity index (χ2v) is 6.63. The summed E-state index contributed by atoms with van der Waals surface area (Å²) in [4.78, 5) is 4.94. The van der Waals surface area contributed by atoms with Crippen molar-refractivity contribution in [3.05, 3.63) is 29.6 Å². The zero-order valence-electron chi connectivity index (χ0n) is 10.0. The summed E-state index contributed by atoms with van der Waals surface area (Å²) in [5.74, 6) is 0. The molecule has 0 aliphatic carbocycles. The van der Waals surface area contributed by atoms with Crippen LogP contribution in [-0.2, 0) is 6.42 Å². The first kappa shape index (κ1) is 12.7. The van der Waals surface area contributed by atoms with Crippen molar-refractivity contribution in [2.45, 2.75) is 45.4 Å². The second-order valence-electron chi connectivity index (χ2n) is 5.33. The van der Waals surface area contributed by atoms with Crippen LogP contribution >= 0.6 is 15.9 Å². The molecule has 0 saturated carbocycles. The van der Waals surface area contributed by atoms with E-state index in [0.29, 0.717) is 10.2 Å². The molecule has 1 aromatic rings. The lowest BCUT2D eigenvalue weighted by molar-refractivity contribution is 0.373. The first-order valence-electron chi connectivity index (χ1n) is 5.43. The molecular formula is C13H20BrN. The average molecular weight is 270 g/mol. The minimum atomic E-state index is 0.372. The summed E-state index contributed by atoms with van der Waals surface area (Å²) in [6, 6.07) is 4.12. The summed E-state index contributed by atoms with van der Waals surface area (Å²) in [6.45, 7) is 8.94. The van der Waals surface area contributed by atoms with Gasteiger partial charge in [0, 0.05) is 23.1 Å². The fourth-order valence-corrected chi connectivity index (χ4v) is 2.96. The van der Waals surface area contributed by atoms with Gasteiger partial charge in [0.15, 0.2) is 0 Å². The topological polar surface area (TPSA) is 12.9 Å². The maximum absolute atomic E-state index is 4.42. The van der Waals surface area contributed by atoms with Gasteiger partial charge in [-0.2, -0.15) is 0 Å². The molecule has 0 radical (unpaired) electrons. The Bertz CT molecular complexity index is 315. The van der Waals surface area contributed by atoms with Gasteiger partial charge in [0.1, 0.15) is 0 Å². The van der Waals surface area contributed by atoms with Crippen molar-refractivity contribution in [1.82, 2.24) is 4.98 Å². The number of hydrogen-bond donors (Lipinski definition) is 0. The first-order chi connectivity index (χ1) is 6.88. The van der Waals surface area contributed by atoms with Gasteiger partial charge >= 0.3 is 0 Å². The van der Waals surface area contributed by atoms with Gasteiger partial charge in [-0.15, -0.1) is 0 Å². The van der Waals surface area contributed by atoms with E-state index in [4.69, 9.17) is 0 Å². The van der Waals surface area contributed by atoms with E-state index in [9.17, 15) is 0 Å². The van der Waals surface area contributed by atoms with Gasteiger partial charge in [0.05, 0.1) is 0 Å². The van der Waals surface area contributed by atoms with Gasteiger partial charge < -0.3 is 0 Å². The molecular weight excluding hydrogens is 250 g/mol. The van der Waals surface area contributed by atoms with Crippen LogP contribution in [0.5, 0.6) is 0 Å². The molecule has 1 nitrogen and oxygen atoms in total. The van der Waals surface area contributed by atoms with Crippen LogP contribution in [0.1, 0.15) is 38.4 Å². The fraction of sp³-hybridized carbons (Fsp3) is 0.615. The minimum absolute atomic E-state index is 0.372. The highest BCUT2D eigenvalue weighted by Gasteiger charge is 2.17. The van der Waals surface area contributed by atoms with Crippen molar-refractivity contribution >= 4 is 15.9 Å². The van der Waals surface area contributed by atoms with Crippen molar-refractivity contribution in [1.29, 1.82) is 0 Å². The molecule has 84 valence electrons. The van der Waals surface area contributed by atoms with Crippen molar-refractivity contribution in [2.24, 2.45) is 5.41 Å². The maximum atomic E-state index is 4.42. The van der Waals surface area contributed by atoms with E-state index in [1.54, 1.807) is 0 Å². The van der Waals surface area contributed by atoms with Crippen molar-refractivity contribution in [3.8, 4) is 0 Å². The van der Waals surface area contributed by atoms with E-state index in [0.717, 1.165) is 6.42 Å². The molecule has 0 spiro atoms. The molecule has 0 aliphatic rings. The van der Waals surface area contributed by atoms with E-state index in [-0.39, 0.29) is 0 Å².